The van der Waals surface area contributed by atoms with Crippen LogP contribution in [-0.4, -0.2) is 36.6 Å². The fraction of sp³-hybridized carbons (Fsp3) is 1.00. The quantitative estimate of drug-likeness (QED) is 0.715. The average Bonchev–Trinajstić information content (AvgIpc) is 2.98. The third-order valence-corrected chi connectivity index (χ3v) is 4.05. The molecule has 2 heteroatoms. The number of hydrogen-bond donors (Lipinski definition) is 1. The first-order valence-corrected chi connectivity index (χ1v) is 7.27. The van der Waals surface area contributed by atoms with Crippen LogP contribution in [0.1, 0.15) is 52.4 Å². The number of rotatable bonds is 7. The van der Waals surface area contributed by atoms with E-state index in [2.05, 4.69) is 24.1 Å². The minimum atomic E-state index is 0.833. The van der Waals surface area contributed by atoms with E-state index < -0.39 is 0 Å². The Morgan fingerprint density at radius 3 is 2.81 bits per heavy atom. The van der Waals surface area contributed by atoms with Gasteiger partial charge in [0.2, 0.25) is 0 Å². The van der Waals surface area contributed by atoms with Crippen molar-refractivity contribution in [1.29, 1.82) is 0 Å². The molecule has 94 valence electrons. The van der Waals surface area contributed by atoms with E-state index >= 15 is 0 Å². The Balaban J connectivity index is 1.68. The summed E-state index contributed by atoms with van der Waals surface area (Å²) < 4.78 is 0. The molecule has 1 saturated heterocycles. The molecule has 0 bridgehead atoms. The molecule has 0 amide bonds. The molecule has 16 heavy (non-hydrogen) atoms. The Labute approximate surface area is 101 Å². The Morgan fingerprint density at radius 2 is 2.12 bits per heavy atom. The van der Waals surface area contributed by atoms with E-state index in [0.29, 0.717) is 0 Å². The lowest BCUT2D eigenvalue weighted by Crippen LogP contribution is -2.40. The predicted molar refractivity (Wildman–Crippen MR) is 69.7 cm³/mol. The first-order chi connectivity index (χ1) is 7.79. The van der Waals surface area contributed by atoms with Crippen LogP contribution in [0, 0.1) is 5.92 Å². The summed E-state index contributed by atoms with van der Waals surface area (Å²) in [6, 6.07) is 1.70. The Hall–Kier alpha value is -0.0800. The van der Waals surface area contributed by atoms with Crippen molar-refractivity contribution in [3.8, 4) is 0 Å². The fourth-order valence-corrected chi connectivity index (χ4v) is 2.94. The maximum Gasteiger partial charge on any atom is 0.0221 e. The summed E-state index contributed by atoms with van der Waals surface area (Å²) in [5.41, 5.74) is 0. The Bertz CT molecular complexity index is 201. The van der Waals surface area contributed by atoms with Crippen molar-refractivity contribution >= 4 is 0 Å². The number of hydrogen-bond acceptors (Lipinski definition) is 2. The molecular formula is C14H28N2. The van der Waals surface area contributed by atoms with Gasteiger partial charge in [0.05, 0.1) is 0 Å². The van der Waals surface area contributed by atoms with E-state index in [4.69, 9.17) is 0 Å². The molecule has 1 aliphatic heterocycles. The smallest absolute Gasteiger partial charge is 0.0221 e. The first-order valence-electron chi connectivity index (χ1n) is 7.27. The highest BCUT2D eigenvalue weighted by atomic mass is 15.2. The van der Waals surface area contributed by atoms with E-state index in [9.17, 15) is 0 Å². The Kier molecular flexibility index (Phi) is 4.66. The summed E-state index contributed by atoms with van der Waals surface area (Å²) in [6.45, 7) is 8.61. The van der Waals surface area contributed by atoms with Gasteiger partial charge in [-0.05, 0) is 44.6 Å². The zero-order valence-corrected chi connectivity index (χ0v) is 11.0. The van der Waals surface area contributed by atoms with Gasteiger partial charge in [-0.1, -0.05) is 20.3 Å². The van der Waals surface area contributed by atoms with Crippen LogP contribution in [0.4, 0.5) is 0 Å². The second kappa shape index (κ2) is 6.02. The van der Waals surface area contributed by atoms with Crippen LogP contribution >= 0.6 is 0 Å². The molecule has 2 nitrogen and oxygen atoms in total. The SMILES string of the molecule is CCCC(C)CN1CCCC1CNC1CC1. The van der Waals surface area contributed by atoms with Crippen molar-refractivity contribution in [3.05, 3.63) is 0 Å². The summed E-state index contributed by atoms with van der Waals surface area (Å²) in [6.07, 6.45) is 8.38. The highest BCUT2D eigenvalue weighted by molar-refractivity contribution is 4.87. The highest BCUT2D eigenvalue weighted by Crippen LogP contribution is 2.22. The van der Waals surface area contributed by atoms with E-state index in [1.165, 1.54) is 58.2 Å². The summed E-state index contributed by atoms with van der Waals surface area (Å²) in [5.74, 6) is 0.881. The van der Waals surface area contributed by atoms with Crippen molar-refractivity contribution in [2.45, 2.75) is 64.5 Å². The highest BCUT2D eigenvalue weighted by Gasteiger charge is 2.28. The Morgan fingerprint density at radius 1 is 1.31 bits per heavy atom. The van der Waals surface area contributed by atoms with Crippen LogP contribution in [-0.2, 0) is 0 Å². The van der Waals surface area contributed by atoms with Gasteiger partial charge in [-0.25, -0.2) is 0 Å². The van der Waals surface area contributed by atoms with E-state index in [-0.39, 0.29) is 0 Å². The molecule has 1 heterocycles. The summed E-state index contributed by atoms with van der Waals surface area (Å²) in [5, 5.41) is 3.69. The molecule has 0 aromatic carbocycles. The van der Waals surface area contributed by atoms with Crippen LogP contribution in [0.3, 0.4) is 0 Å². The predicted octanol–water partition coefficient (Wildman–Crippen LogP) is 2.64. The van der Waals surface area contributed by atoms with Gasteiger partial charge in [0.25, 0.3) is 0 Å². The van der Waals surface area contributed by atoms with Crippen molar-refractivity contribution in [2.75, 3.05) is 19.6 Å². The molecule has 2 unspecified atom stereocenters. The minimum absolute atomic E-state index is 0.833. The van der Waals surface area contributed by atoms with Crippen molar-refractivity contribution in [1.82, 2.24) is 10.2 Å². The number of nitrogens with zero attached hydrogens (tertiary/aromatic N) is 1. The normalized spacial score (nSPS) is 28.5. The molecule has 2 atom stereocenters. The second-order valence-electron chi connectivity index (χ2n) is 5.87. The largest absolute Gasteiger partial charge is 0.312 e. The third-order valence-electron chi connectivity index (χ3n) is 4.05. The molecule has 2 rings (SSSR count). The molecule has 2 aliphatic rings. The van der Waals surface area contributed by atoms with Gasteiger partial charge in [0.15, 0.2) is 0 Å². The lowest BCUT2D eigenvalue weighted by molar-refractivity contribution is 0.210. The summed E-state index contributed by atoms with van der Waals surface area (Å²) >= 11 is 0. The molecule has 0 spiro atoms. The number of likely N-dealkylation sites (tertiary alicyclic amines) is 1. The van der Waals surface area contributed by atoms with E-state index in [1.807, 2.05) is 0 Å². The maximum atomic E-state index is 3.69. The van der Waals surface area contributed by atoms with Crippen LogP contribution < -0.4 is 5.32 Å². The zero-order valence-electron chi connectivity index (χ0n) is 11.0. The van der Waals surface area contributed by atoms with E-state index in [1.54, 1.807) is 0 Å². The molecule has 1 N–H and O–H groups in total. The molecule has 1 aliphatic carbocycles. The lowest BCUT2D eigenvalue weighted by Gasteiger charge is -2.27. The fourth-order valence-electron chi connectivity index (χ4n) is 2.94. The van der Waals surface area contributed by atoms with Gasteiger partial charge in [-0.15, -0.1) is 0 Å². The molecule has 0 aromatic rings. The average molecular weight is 224 g/mol. The topological polar surface area (TPSA) is 15.3 Å². The van der Waals surface area contributed by atoms with Crippen molar-refractivity contribution in [2.24, 2.45) is 5.92 Å². The lowest BCUT2D eigenvalue weighted by atomic mass is 10.1. The van der Waals surface area contributed by atoms with Gasteiger partial charge in [0, 0.05) is 25.2 Å². The number of nitrogens with one attached hydrogen (secondary N) is 1. The third kappa shape index (κ3) is 3.74. The van der Waals surface area contributed by atoms with Crippen LogP contribution in [0.25, 0.3) is 0 Å². The van der Waals surface area contributed by atoms with Gasteiger partial charge >= 0.3 is 0 Å². The zero-order chi connectivity index (χ0) is 11.4. The minimum Gasteiger partial charge on any atom is -0.312 e. The van der Waals surface area contributed by atoms with Gasteiger partial charge in [0.1, 0.15) is 0 Å². The molecule has 2 fully saturated rings. The summed E-state index contributed by atoms with van der Waals surface area (Å²) in [7, 11) is 0. The standard InChI is InChI=1S/C14H28N2/c1-3-5-12(2)11-16-9-4-6-14(16)10-15-13-7-8-13/h12-15H,3-11H2,1-2H3. The van der Waals surface area contributed by atoms with Crippen LogP contribution in [0.15, 0.2) is 0 Å². The van der Waals surface area contributed by atoms with E-state index in [0.717, 1.165) is 18.0 Å². The van der Waals surface area contributed by atoms with Gasteiger partial charge in [-0.3, -0.25) is 4.90 Å². The molecular weight excluding hydrogens is 196 g/mol. The van der Waals surface area contributed by atoms with Crippen molar-refractivity contribution < 1.29 is 0 Å². The van der Waals surface area contributed by atoms with Crippen LogP contribution in [0.2, 0.25) is 0 Å². The van der Waals surface area contributed by atoms with Gasteiger partial charge < -0.3 is 5.32 Å². The molecule has 0 radical (unpaired) electrons. The van der Waals surface area contributed by atoms with Crippen LogP contribution in [0.5, 0.6) is 0 Å². The van der Waals surface area contributed by atoms with Crippen molar-refractivity contribution in [3.63, 3.8) is 0 Å². The molecule has 1 saturated carbocycles. The maximum absolute atomic E-state index is 3.69. The second-order valence-corrected chi connectivity index (χ2v) is 5.87. The summed E-state index contributed by atoms with van der Waals surface area (Å²) in [4.78, 5) is 2.73. The molecule has 0 aromatic heterocycles. The van der Waals surface area contributed by atoms with Gasteiger partial charge in [-0.2, -0.15) is 0 Å². The monoisotopic (exact) mass is 224 g/mol. The first kappa shape index (κ1) is 12.4.